The highest BCUT2D eigenvalue weighted by Crippen LogP contribution is 2.18. The van der Waals surface area contributed by atoms with E-state index in [4.69, 9.17) is 14.2 Å². The Hall–Kier alpha value is -1.17. The molecular weight excluding hydrogens is 249 g/mol. The highest BCUT2D eigenvalue weighted by Gasteiger charge is 2.16. The lowest BCUT2D eigenvalue weighted by molar-refractivity contribution is -0.0962. The highest BCUT2D eigenvalue weighted by atomic mass is 19.1. The lowest BCUT2D eigenvalue weighted by atomic mass is 10.2. The molecule has 0 N–H and O–H groups in total. The lowest BCUT2D eigenvalue weighted by Crippen LogP contribution is -2.38. The molecule has 1 aromatic rings. The van der Waals surface area contributed by atoms with Gasteiger partial charge in [0, 0.05) is 13.1 Å². The van der Waals surface area contributed by atoms with Crippen LogP contribution in [-0.4, -0.2) is 51.5 Å². The van der Waals surface area contributed by atoms with Crippen LogP contribution in [0.2, 0.25) is 0 Å². The third-order valence-electron chi connectivity index (χ3n) is 3.07. The van der Waals surface area contributed by atoms with Crippen molar-refractivity contribution in [3.8, 4) is 5.75 Å². The summed E-state index contributed by atoms with van der Waals surface area (Å²) < 4.78 is 29.4. The van der Waals surface area contributed by atoms with Crippen LogP contribution in [0.25, 0.3) is 0 Å². The second-order valence-corrected chi connectivity index (χ2v) is 4.73. The third kappa shape index (κ3) is 4.16. The Morgan fingerprint density at radius 1 is 1.42 bits per heavy atom. The molecule has 0 bridgehead atoms. The smallest absolute Gasteiger partial charge is 0.165 e. The first-order valence-corrected chi connectivity index (χ1v) is 6.39. The van der Waals surface area contributed by atoms with Crippen LogP contribution in [0.15, 0.2) is 18.2 Å². The third-order valence-corrected chi connectivity index (χ3v) is 3.07. The van der Waals surface area contributed by atoms with Gasteiger partial charge in [0.1, 0.15) is 0 Å². The van der Waals surface area contributed by atoms with Crippen molar-refractivity contribution in [2.75, 3.05) is 40.5 Å². The molecule has 0 aliphatic carbocycles. The first-order chi connectivity index (χ1) is 9.19. The molecule has 0 spiro atoms. The van der Waals surface area contributed by atoms with Crippen molar-refractivity contribution in [1.82, 2.24) is 4.90 Å². The fraction of sp³-hybridized carbons (Fsp3) is 0.571. The van der Waals surface area contributed by atoms with E-state index < -0.39 is 0 Å². The van der Waals surface area contributed by atoms with E-state index in [2.05, 4.69) is 4.90 Å². The van der Waals surface area contributed by atoms with E-state index in [1.165, 1.54) is 13.2 Å². The Labute approximate surface area is 113 Å². The summed E-state index contributed by atoms with van der Waals surface area (Å²) in [4.78, 5) is 2.10. The van der Waals surface area contributed by atoms with E-state index in [1.54, 1.807) is 6.07 Å². The zero-order valence-corrected chi connectivity index (χ0v) is 11.4. The average molecular weight is 269 g/mol. The van der Waals surface area contributed by atoms with E-state index in [0.717, 1.165) is 12.1 Å². The summed E-state index contributed by atoms with van der Waals surface area (Å²) in [5, 5.41) is 0. The molecule has 4 nitrogen and oxygen atoms in total. The van der Waals surface area contributed by atoms with Crippen LogP contribution >= 0.6 is 0 Å². The molecule has 5 heteroatoms. The van der Waals surface area contributed by atoms with Gasteiger partial charge < -0.3 is 14.2 Å². The minimum absolute atomic E-state index is 0.0989. The van der Waals surface area contributed by atoms with E-state index in [-0.39, 0.29) is 17.7 Å². The van der Waals surface area contributed by atoms with Gasteiger partial charge in [-0.3, -0.25) is 4.90 Å². The van der Waals surface area contributed by atoms with Gasteiger partial charge in [-0.1, -0.05) is 6.07 Å². The predicted octanol–water partition coefficient (Wildman–Crippen LogP) is 1.68. The maximum absolute atomic E-state index is 13.6. The number of hydrogen-bond donors (Lipinski definition) is 0. The molecule has 106 valence electrons. The van der Waals surface area contributed by atoms with E-state index in [0.29, 0.717) is 26.4 Å². The number of halogens is 1. The fourth-order valence-corrected chi connectivity index (χ4v) is 2.17. The highest BCUT2D eigenvalue weighted by molar-refractivity contribution is 5.29. The molecule has 1 aliphatic heterocycles. The molecule has 1 fully saturated rings. The van der Waals surface area contributed by atoms with Crippen LogP contribution in [0.5, 0.6) is 5.75 Å². The van der Waals surface area contributed by atoms with Crippen LogP contribution in [-0.2, 0) is 16.0 Å². The average Bonchev–Trinajstić information content (AvgIpc) is 2.40. The van der Waals surface area contributed by atoms with Crippen molar-refractivity contribution in [3.63, 3.8) is 0 Å². The summed E-state index contributed by atoms with van der Waals surface area (Å²) in [6, 6.07) is 5.03. The maximum Gasteiger partial charge on any atom is 0.165 e. The maximum atomic E-state index is 13.6. The first kappa shape index (κ1) is 14.2. The molecule has 1 atom stereocenters. The largest absolute Gasteiger partial charge is 0.494 e. The van der Waals surface area contributed by atoms with Gasteiger partial charge in [0.15, 0.2) is 11.6 Å². The Morgan fingerprint density at radius 3 is 2.89 bits per heavy atom. The number of rotatable bonds is 5. The van der Waals surface area contributed by atoms with Gasteiger partial charge in [-0.2, -0.15) is 0 Å². The quantitative estimate of drug-likeness (QED) is 0.814. The van der Waals surface area contributed by atoms with Gasteiger partial charge >= 0.3 is 0 Å². The molecule has 0 radical (unpaired) electrons. The molecule has 1 aromatic carbocycles. The molecule has 1 heterocycles. The van der Waals surface area contributed by atoms with Gasteiger partial charge in [-0.15, -0.1) is 0 Å². The Kier molecular flexibility index (Phi) is 5.13. The fourth-order valence-electron chi connectivity index (χ4n) is 2.17. The van der Waals surface area contributed by atoms with Crippen molar-refractivity contribution in [2.24, 2.45) is 0 Å². The van der Waals surface area contributed by atoms with Crippen LogP contribution in [0, 0.1) is 5.82 Å². The number of benzene rings is 1. The summed E-state index contributed by atoms with van der Waals surface area (Å²) in [6.45, 7) is 3.38. The van der Waals surface area contributed by atoms with Crippen LogP contribution in [0.1, 0.15) is 5.56 Å². The predicted molar refractivity (Wildman–Crippen MR) is 69.8 cm³/mol. The molecule has 1 saturated heterocycles. The van der Waals surface area contributed by atoms with Gasteiger partial charge in [-0.05, 0) is 24.7 Å². The Balaban J connectivity index is 1.87. The minimum Gasteiger partial charge on any atom is -0.494 e. The number of nitrogens with zero attached hydrogens (tertiary/aromatic N) is 1. The standard InChI is InChI=1S/C14H20FNO3/c1-16(9-12-10-18-5-6-19-12)8-11-3-4-14(17-2)13(15)7-11/h3-4,7,12H,5-6,8-10H2,1-2H3. The second kappa shape index (κ2) is 6.84. The summed E-state index contributed by atoms with van der Waals surface area (Å²) in [5.74, 6) is -0.0546. The summed E-state index contributed by atoms with van der Waals surface area (Å²) in [7, 11) is 3.45. The number of likely N-dealkylation sites (N-methyl/N-ethyl adjacent to an activating group) is 1. The first-order valence-electron chi connectivity index (χ1n) is 6.39. The zero-order valence-electron chi connectivity index (χ0n) is 11.4. The summed E-state index contributed by atoms with van der Waals surface area (Å²) >= 11 is 0. The summed E-state index contributed by atoms with van der Waals surface area (Å²) in [5.41, 5.74) is 0.914. The number of ether oxygens (including phenoxy) is 3. The lowest BCUT2D eigenvalue weighted by Gasteiger charge is -2.27. The Bertz CT molecular complexity index is 408. The van der Waals surface area contributed by atoms with Crippen molar-refractivity contribution in [2.45, 2.75) is 12.6 Å². The van der Waals surface area contributed by atoms with Crippen molar-refractivity contribution in [1.29, 1.82) is 0 Å². The molecule has 19 heavy (non-hydrogen) atoms. The normalized spacial score (nSPS) is 19.7. The molecule has 1 unspecified atom stereocenters. The van der Waals surface area contributed by atoms with Crippen LogP contribution in [0.4, 0.5) is 4.39 Å². The molecule has 0 amide bonds. The molecule has 2 rings (SSSR count). The summed E-state index contributed by atoms with van der Waals surface area (Å²) in [6.07, 6.45) is 0.0989. The van der Waals surface area contributed by atoms with Crippen molar-refractivity contribution < 1.29 is 18.6 Å². The van der Waals surface area contributed by atoms with E-state index in [1.807, 2.05) is 13.1 Å². The van der Waals surface area contributed by atoms with E-state index in [9.17, 15) is 4.39 Å². The van der Waals surface area contributed by atoms with Gasteiger partial charge in [-0.25, -0.2) is 4.39 Å². The molecule has 1 aliphatic rings. The number of hydrogen-bond acceptors (Lipinski definition) is 4. The van der Waals surface area contributed by atoms with Gasteiger partial charge in [0.25, 0.3) is 0 Å². The monoisotopic (exact) mass is 269 g/mol. The SMILES string of the molecule is COc1ccc(CN(C)CC2COCCO2)cc1F. The second-order valence-electron chi connectivity index (χ2n) is 4.73. The van der Waals surface area contributed by atoms with E-state index >= 15 is 0 Å². The van der Waals surface area contributed by atoms with Crippen LogP contribution in [0.3, 0.4) is 0 Å². The minimum atomic E-state index is -0.328. The Morgan fingerprint density at radius 2 is 2.26 bits per heavy atom. The van der Waals surface area contributed by atoms with Crippen molar-refractivity contribution in [3.05, 3.63) is 29.6 Å². The van der Waals surface area contributed by atoms with Gasteiger partial charge in [0.2, 0.25) is 0 Å². The van der Waals surface area contributed by atoms with Crippen LogP contribution < -0.4 is 4.74 Å². The zero-order chi connectivity index (χ0) is 13.7. The molecule has 0 aromatic heterocycles. The number of methoxy groups -OCH3 is 1. The molecular formula is C14H20FNO3. The van der Waals surface area contributed by atoms with Gasteiger partial charge in [0.05, 0.1) is 33.0 Å². The van der Waals surface area contributed by atoms with Crippen molar-refractivity contribution >= 4 is 0 Å². The molecule has 0 saturated carbocycles. The topological polar surface area (TPSA) is 30.9 Å².